The third-order valence-electron chi connectivity index (χ3n) is 5.32. The maximum absolute atomic E-state index is 13.1. The van der Waals surface area contributed by atoms with E-state index in [0.717, 1.165) is 16.6 Å². The van der Waals surface area contributed by atoms with Gasteiger partial charge in [-0.15, -0.1) is 0 Å². The molecule has 0 aliphatic rings. The van der Waals surface area contributed by atoms with Gasteiger partial charge in [0.05, 0.1) is 10.4 Å². The van der Waals surface area contributed by atoms with Crippen molar-refractivity contribution in [1.29, 1.82) is 0 Å². The Hall–Kier alpha value is -4.19. The minimum atomic E-state index is -4.02. The Balaban J connectivity index is 0.000000245. The predicted octanol–water partition coefficient (Wildman–Crippen LogP) is 4.87. The van der Waals surface area contributed by atoms with E-state index in [1.54, 1.807) is 12.1 Å². The maximum Gasteiger partial charge on any atom is 0.294 e. The highest BCUT2D eigenvalue weighted by molar-refractivity contribution is 7.85. The summed E-state index contributed by atoms with van der Waals surface area (Å²) in [7, 11) is -4.02. The molecule has 0 aliphatic heterocycles. The van der Waals surface area contributed by atoms with Crippen molar-refractivity contribution in [2.45, 2.75) is 24.8 Å². The number of fused-ring (bicyclic) bond motifs is 1. The quantitative estimate of drug-likeness (QED) is 0.240. The van der Waals surface area contributed by atoms with Gasteiger partial charge in [-0.1, -0.05) is 42.0 Å². The number of aryl methyl sites for hydroxylation is 2. The van der Waals surface area contributed by atoms with Crippen LogP contribution in [-0.2, 0) is 10.1 Å². The first-order chi connectivity index (χ1) is 17.6. The Morgan fingerprint density at radius 3 is 2.24 bits per heavy atom. The highest BCUT2D eigenvalue weighted by atomic mass is 32.2. The van der Waals surface area contributed by atoms with Crippen LogP contribution in [0.1, 0.15) is 28.7 Å². The summed E-state index contributed by atoms with van der Waals surface area (Å²) in [5.41, 5.74) is 3.08. The van der Waals surface area contributed by atoms with Gasteiger partial charge in [0.25, 0.3) is 10.1 Å². The standard InChI is InChI=1S/C19H16FN5O.C7H8O3S/c1-11-10-16(25-24-11)22-18-14-4-2-3-5-15(14)21-19(23-18)17(26)12-6-8-13(20)9-7-12;1-6-2-4-7(5-3-6)11(8,9)10/h2-10,17,26H,1H3,(H2,21,22,23,24,25);2-5H,1H3,(H,8,9,10)/t17-;/m1./s1. The number of H-pyrrole nitrogens is 1. The van der Waals surface area contributed by atoms with Crippen molar-refractivity contribution in [3.8, 4) is 0 Å². The van der Waals surface area contributed by atoms with Gasteiger partial charge in [-0.25, -0.2) is 14.4 Å². The molecule has 5 aromatic rings. The number of aliphatic hydroxyl groups is 1. The Morgan fingerprint density at radius 1 is 0.946 bits per heavy atom. The van der Waals surface area contributed by atoms with Gasteiger partial charge in [-0.2, -0.15) is 13.5 Å². The highest BCUT2D eigenvalue weighted by Gasteiger charge is 2.17. The van der Waals surface area contributed by atoms with Crippen LogP contribution in [-0.4, -0.2) is 38.2 Å². The van der Waals surface area contributed by atoms with Crippen LogP contribution in [0.25, 0.3) is 10.9 Å². The minimum absolute atomic E-state index is 0.0666. The van der Waals surface area contributed by atoms with Crippen LogP contribution in [0.4, 0.5) is 16.0 Å². The number of halogens is 1. The van der Waals surface area contributed by atoms with Gasteiger partial charge < -0.3 is 10.4 Å². The van der Waals surface area contributed by atoms with Gasteiger partial charge in [-0.3, -0.25) is 9.65 Å². The van der Waals surface area contributed by atoms with Crippen molar-refractivity contribution < 1.29 is 22.5 Å². The second kappa shape index (κ2) is 10.8. The highest BCUT2D eigenvalue weighted by Crippen LogP contribution is 2.27. The molecule has 2 aromatic heterocycles. The monoisotopic (exact) mass is 521 g/mol. The van der Waals surface area contributed by atoms with Crippen LogP contribution < -0.4 is 5.32 Å². The molecular weight excluding hydrogens is 497 g/mol. The first kappa shape index (κ1) is 25.9. The van der Waals surface area contributed by atoms with Crippen molar-refractivity contribution >= 4 is 32.7 Å². The third kappa shape index (κ3) is 6.53. The van der Waals surface area contributed by atoms with E-state index >= 15 is 0 Å². The molecule has 0 unspecified atom stereocenters. The van der Waals surface area contributed by atoms with Crippen molar-refractivity contribution in [2.75, 3.05) is 5.32 Å². The number of anilines is 2. The number of nitrogens with zero attached hydrogens (tertiary/aromatic N) is 3. The second-order valence-electron chi connectivity index (χ2n) is 8.25. The summed E-state index contributed by atoms with van der Waals surface area (Å²) in [5, 5.41) is 21.6. The molecule has 0 fully saturated rings. The second-order valence-corrected chi connectivity index (χ2v) is 9.67. The lowest BCUT2D eigenvalue weighted by atomic mass is 10.1. The van der Waals surface area contributed by atoms with Crippen molar-refractivity contribution in [3.63, 3.8) is 0 Å². The lowest BCUT2D eigenvalue weighted by molar-refractivity contribution is 0.210. The zero-order valence-corrected chi connectivity index (χ0v) is 20.7. The van der Waals surface area contributed by atoms with Gasteiger partial charge in [0.15, 0.2) is 11.6 Å². The summed E-state index contributed by atoms with van der Waals surface area (Å²) in [4.78, 5) is 8.88. The topological polar surface area (TPSA) is 141 Å². The number of aromatic amines is 1. The van der Waals surface area contributed by atoms with E-state index in [0.29, 0.717) is 22.7 Å². The van der Waals surface area contributed by atoms with Gasteiger partial charge in [-0.05, 0) is 55.8 Å². The van der Waals surface area contributed by atoms with Crippen LogP contribution in [0.5, 0.6) is 0 Å². The summed E-state index contributed by atoms with van der Waals surface area (Å²) in [6, 6.07) is 21.0. The normalized spacial score (nSPS) is 12.0. The Labute approximate surface area is 212 Å². The molecule has 0 radical (unpaired) electrons. The van der Waals surface area contributed by atoms with Gasteiger partial charge >= 0.3 is 0 Å². The Kier molecular flexibility index (Phi) is 7.58. The minimum Gasteiger partial charge on any atom is -0.380 e. The van der Waals surface area contributed by atoms with Crippen molar-refractivity contribution in [2.24, 2.45) is 0 Å². The lowest BCUT2D eigenvalue weighted by Crippen LogP contribution is -2.08. The first-order valence-electron chi connectivity index (χ1n) is 11.1. The number of nitrogens with one attached hydrogen (secondary N) is 2. The molecule has 1 atom stereocenters. The Bertz CT molecular complexity index is 1620. The summed E-state index contributed by atoms with van der Waals surface area (Å²) < 4.78 is 42.7. The molecule has 11 heteroatoms. The molecule has 0 bridgehead atoms. The van der Waals surface area contributed by atoms with E-state index in [1.807, 2.05) is 44.2 Å². The lowest BCUT2D eigenvalue weighted by Gasteiger charge is -2.13. The van der Waals surface area contributed by atoms with Crippen molar-refractivity contribution in [3.05, 3.63) is 107 Å². The number of hydrogen-bond acceptors (Lipinski definition) is 7. The van der Waals surface area contributed by atoms with Gasteiger partial charge in [0.2, 0.25) is 0 Å². The summed E-state index contributed by atoms with van der Waals surface area (Å²) in [6.07, 6.45) is -1.07. The van der Waals surface area contributed by atoms with Crippen molar-refractivity contribution in [1.82, 2.24) is 20.2 Å². The molecule has 0 spiro atoms. The third-order valence-corrected chi connectivity index (χ3v) is 6.19. The molecule has 0 amide bonds. The van der Waals surface area contributed by atoms with Crippen LogP contribution in [0.15, 0.2) is 83.8 Å². The smallest absolute Gasteiger partial charge is 0.294 e. The SMILES string of the molecule is Cc1cc(Nc2nc([C@H](O)c3ccc(F)cc3)nc3ccccc23)n[nH]1.Cc1ccc(S(=O)(=O)O)cc1. The summed E-state index contributed by atoms with van der Waals surface area (Å²) >= 11 is 0. The van der Waals surface area contributed by atoms with E-state index in [-0.39, 0.29) is 16.5 Å². The molecule has 0 saturated heterocycles. The maximum atomic E-state index is 13.1. The largest absolute Gasteiger partial charge is 0.380 e. The van der Waals surface area contributed by atoms with E-state index in [9.17, 15) is 17.9 Å². The fraction of sp³-hybridized carbons (Fsp3) is 0.115. The van der Waals surface area contributed by atoms with Crippen LogP contribution >= 0.6 is 0 Å². The fourth-order valence-electron chi connectivity index (χ4n) is 3.42. The molecule has 190 valence electrons. The van der Waals surface area contributed by atoms with Gasteiger partial charge in [0, 0.05) is 17.1 Å². The average Bonchev–Trinajstić information content (AvgIpc) is 3.28. The molecule has 2 heterocycles. The number of aliphatic hydroxyl groups excluding tert-OH is 1. The Morgan fingerprint density at radius 2 is 1.62 bits per heavy atom. The molecule has 0 aliphatic carbocycles. The number of para-hydroxylation sites is 1. The van der Waals surface area contributed by atoms with Gasteiger partial charge in [0.1, 0.15) is 17.7 Å². The number of aromatic nitrogens is 4. The van der Waals surface area contributed by atoms with Crippen LogP contribution in [0.2, 0.25) is 0 Å². The summed E-state index contributed by atoms with van der Waals surface area (Å²) in [6.45, 7) is 3.74. The molecule has 0 saturated carbocycles. The number of hydrogen-bond donors (Lipinski definition) is 4. The number of benzene rings is 3. The van der Waals surface area contributed by atoms with E-state index in [2.05, 4.69) is 25.5 Å². The average molecular weight is 522 g/mol. The fourth-order valence-corrected chi connectivity index (χ4v) is 3.90. The molecule has 9 nitrogen and oxygen atoms in total. The predicted molar refractivity (Wildman–Crippen MR) is 138 cm³/mol. The molecule has 37 heavy (non-hydrogen) atoms. The molecule has 5 rings (SSSR count). The molecular formula is C26H24FN5O4S. The van der Waals surface area contributed by atoms with E-state index in [4.69, 9.17) is 4.55 Å². The zero-order valence-electron chi connectivity index (χ0n) is 19.9. The van der Waals surface area contributed by atoms with Crippen LogP contribution in [0, 0.1) is 19.7 Å². The first-order valence-corrected chi connectivity index (χ1v) is 12.6. The van der Waals surface area contributed by atoms with Crippen LogP contribution in [0.3, 0.4) is 0 Å². The zero-order chi connectivity index (χ0) is 26.6. The molecule has 3 aromatic carbocycles. The molecule has 4 N–H and O–H groups in total. The van der Waals surface area contributed by atoms with E-state index in [1.165, 1.54) is 36.4 Å². The summed E-state index contributed by atoms with van der Waals surface area (Å²) in [5.74, 6) is 1.02. The number of rotatable bonds is 5. The van der Waals surface area contributed by atoms with E-state index < -0.39 is 16.2 Å².